The molecule has 0 spiro atoms. The molecule has 1 aliphatic rings. The van der Waals surface area contributed by atoms with Crippen LogP contribution in [0.25, 0.3) is 0 Å². The van der Waals surface area contributed by atoms with Crippen molar-refractivity contribution < 1.29 is 17.9 Å². The Morgan fingerprint density at radius 2 is 2.11 bits per heavy atom. The van der Waals surface area contributed by atoms with Crippen molar-refractivity contribution in [2.24, 2.45) is 0 Å². The fraction of sp³-hybridized carbons (Fsp3) is 0.417. The number of rotatable bonds is 4. The first-order valence-electron chi connectivity index (χ1n) is 5.91. The maximum absolute atomic E-state index is 11.8. The van der Waals surface area contributed by atoms with Gasteiger partial charge in [0.2, 0.25) is 15.9 Å². The smallest absolute Gasteiger partial charge is 0.240 e. The van der Waals surface area contributed by atoms with Gasteiger partial charge in [-0.1, -0.05) is 0 Å². The molecule has 6 nitrogen and oxygen atoms in total. The van der Waals surface area contributed by atoms with Crippen LogP contribution in [0.15, 0.2) is 23.1 Å². The summed E-state index contributed by atoms with van der Waals surface area (Å²) in [5.41, 5.74) is 0.501. The van der Waals surface area contributed by atoms with E-state index in [0.717, 1.165) is 6.42 Å². The number of sulfonamides is 1. The van der Waals surface area contributed by atoms with Crippen LogP contribution in [0.4, 0.5) is 5.69 Å². The normalized spacial score (nSPS) is 15.9. The standard InChI is InChI=1S/C12H16N2O4S/c1-13-19(16,17)9-5-6-11(18-2)10(8-9)14-7-3-4-12(14)15/h5-6,8,13H,3-4,7H2,1-2H3. The number of carbonyl (C=O) groups excluding carboxylic acids is 1. The Hall–Kier alpha value is -1.60. The summed E-state index contributed by atoms with van der Waals surface area (Å²) in [4.78, 5) is 13.5. The highest BCUT2D eigenvalue weighted by Gasteiger charge is 2.26. The number of nitrogens with zero attached hydrogens (tertiary/aromatic N) is 1. The molecule has 19 heavy (non-hydrogen) atoms. The van der Waals surface area contributed by atoms with E-state index >= 15 is 0 Å². The van der Waals surface area contributed by atoms with Crippen LogP contribution in [0.5, 0.6) is 5.75 Å². The Morgan fingerprint density at radius 3 is 2.63 bits per heavy atom. The molecule has 0 radical (unpaired) electrons. The van der Waals surface area contributed by atoms with Gasteiger partial charge in [-0.25, -0.2) is 13.1 Å². The molecule has 1 amide bonds. The molecule has 1 N–H and O–H groups in total. The van der Waals surface area contributed by atoms with E-state index in [1.807, 2.05) is 0 Å². The Morgan fingerprint density at radius 1 is 1.37 bits per heavy atom. The fourth-order valence-corrected chi connectivity index (χ4v) is 2.82. The third-order valence-corrected chi connectivity index (χ3v) is 4.51. The topological polar surface area (TPSA) is 75.7 Å². The lowest BCUT2D eigenvalue weighted by molar-refractivity contribution is -0.117. The second-order valence-corrected chi connectivity index (χ2v) is 6.08. The van der Waals surface area contributed by atoms with Crippen molar-refractivity contribution in [2.75, 3.05) is 25.6 Å². The second kappa shape index (κ2) is 5.18. The summed E-state index contributed by atoms with van der Waals surface area (Å²) in [6.07, 6.45) is 1.25. The van der Waals surface area contributed by atoms with E-state index in [4.69, 9.17) is 4.74 Å². The van der Waals surface area contributed by atoms with E-state index < -0.39 is 10.0 Å². The third-order valence-electron chi connectivity index (χ3n) is 3.09. The molecule has 1 aliphatic heterocycles. The molecule has 104 valence electrons. The van der Waals surface area contributed by atoms with Gasteiger partial charge >= 0.3 is 0 Å². The van der Waals surface area contributed by atoms with Crippen LogP contribution in [-0.4, -0.2) is 35.0 Å². The zero-order valence-electron chi connectivity index (χ0n) is 10.8. The number of benzene rings is 1. The number of amides is 1. The molecule has 1 aromatic carbocycles. The minimum absolute atomic E-state index is 0.0164. The highest BCUT2D eigenvalue weighted by atomic mass is 32.2. The van der Waals surface area contributed by atoms with E-state index in [-0.39, 0.29) is 10.8 Å². The second-order valence-electron chi connectivity index (χ2n) is 4.19. The Bertz CT molecular complexity index is 598. The fourth-order valence-electron chi connectivity index (χ4n) is 2.07. The summed E-state index contributed by atoms with van der Waals surface area (Å²) >= 11 is 0. The number of methoxy groups -OCH3 is 1. The maximum atomic E-state index is 11.8. The van der Waals surface area contributed by atoms with E-state index in [0.29, 0.717) is 24.4 Å². The van der Waals surface area contributed by atoms with Gasteiger partial charge in [-0.3, -0.25) is 4.79 Å². The summed E-state index contributed by atoms with van der Waals surface area (Å²) in [6.45, 7) is 0.582. The summed E-state index contributed by atoms with van der Waals surface area (Å²) in [6, 6.07) is 4.48. The average molecular weight is 284 g/mol. The molecule has 0 atom stereocenters. The molecule has 2 rings (SSSR count). The van der Waals surface area contributed by atoms with Crippen LogP contribution in [0.1, 0.15) is 12.8 Å². The van der Waals surface area contributed by atoms with Crippen molar-refractivity contribution in [3.8, 4) is 5.75 Å². The Kier molecular flexibility index (Phi) is 3.77. The Labute approximate surface area is 112 Å². The van der Waals surface area contributed by atoms with Crippen molar-refractivity contribution in [3.05, 3.63) is 18.2 Å². The van der Waals surface area contributed by atoms with Crippen LogP contribution in [-0.2, 0) is 14.8 Å². The molecule has 0 saturated carbocycles. The van der Waals surface area contributed by atoms with E-state index in [2.05, 4.69) is 4.72 Å². The summed E-state index contributed by atoms with van der Waals surface area (Å²) in [5, 5.41) is 0. The number of anilines is 1. The molecular formula is C12H16N2O4S. The zero-order valence-corrected chi connectivity index (χ0v) is 11.7. The van der Waals surface area contributed by atoms with Gasteiger partial charge in [-0.05, 0) is 31.7 Å². The van der Waals surface area contributed by atoms with Gasteiger partial charge in [0.1, 0.15) is 5.75 Å². The number of hydrogen-bond donors (Lipinski definition) is 1. The molecular weight excluding hydrogens is 268 g/mol. The molecule has 0 aliphatic carbocycles. The monoisotopic (exact) mass is 284 g/mol. The third kappa shape index (κ3) is 2.57. The van der Waals surface area contributed by atoms with Crippen molar-refractivity contribution in [1.29, 1.82) is 0 Å². The lowest BCUT2D eigenvalue weighted by Gasteiger charge is -2.19. The minimum atomic E-state index is -3.54. The zero-order chi connectivity index (χ0) is 14.0. The van der Waals surface area contributed by atoms with Crippen molar-refractivity contribution >= 4 is 21.6 Å². The number of ether oxygens (including phenoxy) is 1. The first-order chi connectivity index (χ1) is 8.99. The van der Waals surface area contributed by atoms with E-state index in [1.54, 1.807) is 11.0 Å². The van der Waals surface area contributed by atoms with Gasteiger partial charge in [-0.15, -0.1) is 0 Å². The van der Waals surface area contributed by atoms with Crippen molar-refractivity contribution in [3.63, 3.8) is 0 Å². The predicted molar refractivity (Wildman–Crippen MR) is 70.8 cm³/mol. The first kappa shape index (κ1) is 13.8. The number of hydrogen-bond acceptors (Lipinski definition) is 4. The highest BCUT2D eigenvalue weighted by molar-refractivity contribution is 7.89. The lowest BCUT2D eigenvalue weighted by atomic mass is 10.2. The quantitative estimate of drug-likeness (QED) is 0.884. The van der Waals surface area contributed by atoms with Gasteiger partial charge in [0.25, 0.3) is 0 Å². The number of carbonyl (C=O) groups is 1. The molecule has 1 saturated heterocycles. The highest BCUT2D eigenvalue weighted by Crippen LogP contribution is 2.33. The molecule has 0 aromatic heterocycles. The molecule has 7 heteroatoms. The van der Waals surface area contributed by atoms with Gasteiger partial charge in [0.15, 0.2) is 0 Å². The average Bonchev–Trinajstić information content (AvgIpc) is 2.84. The first-order valence-corrected chi connectivity index (χ1v) is 7.40. The summed E-state index contributed by atoms with van der Waals surface area (Å²) in [7, 11) is -0.697. The van der Waals surface area contributed by atoms with Crippen LogP contribution >= 0.6 is 0 Å². The largest absolute Gasteiger partial charge is 0.495 e. The van der Waals surface area contributed by atoms with Crippen LogP contribution in [0, 0.1) is 0 Å². The van der Waals surface area contributed by atoms with Gasteiger partial charge in [-0.2, -0.15) is 0 Å². The van der Waals surface area contributed by atoms with Gasteiger partial charge in [0, 0.05) is 13.0 Å². The van der Waals surface area contributed by atoms with Crippen LogP contribution in [0.3, 0.4) is 0 Å². The summed E-state index contributed by atoms with van der Waals surface area (Å²) < 4.78 is 31.0. The van der Waals surface area contributed by atoms with Gasteiger partial charge < -0.3 is 9.64 Å². The van der Waals surface area contributed by atoms with E-state index in [1.165, 1.54) is 26.3 Å². The van der Waals surface area contributed by atoms with E-state index in [9.17, 15) is 13.2 Å². The molecule has 0 bridgehead atoms. The molecule has 1 aromatic rings. The van der Waals surface area contributed by atoms with Crippen molar-refractivity contribution in [2.45, 2.75) is 17.7 Å². The SMILES string of the molecule is CNS(=O)(=O)c1ccc(OC)c(N2CCCC2=O)c1. The maximum Gasteiger partial charge on any atom is 0.240 e. The van der Waals surface area contributed by atoms with Crippen LogP contribution in [0.2, 0.25) is 0 Å². The Balaban J connectivity index is 2.51. The predicted octanol–water partition coefficient (Wildman–Crippen LogP) is 0.730. The van der Waals surface area contributed by atoms with Gasteiger partial charge in [0.05, 0.1) is 17.7 Å². The molecule has 1 heterocycles. The molecule has 1 fully saturated rings. The summed E-state index contributed by atoms with van der Waals surface area (Å²) in [5.74, 6) is 0.475. The minimum Gasteiger partial charge on any atom is -0.495 e. The van der Waals surface area contributed by atoms with Crippen LogP contribution < -0.4 is 14.4 Å². The van der Waals surface area contributed by atoms with Crippen molar-refractivity contribution in [1.82, 2.24) is 4.72 Å². The lowest BCUT2D eigenvalue weighted by Crippen LogP contribution is -2.25. The molecule has 0 unspecified atom stereocenters. The number of nitrogens with one attached hydrogen (secondary N) is 1.